The molecule has 0 spiro atoms. The molecule has 1 unspecified atom stereocenters. The van der Waals surface area contributed by atoms with Crippen LogP contribution >= 0.6 is 0 Å². The molecule has 20 heavy (non-hydrogen) atoms. The van der Waals surface area contributed by atoms with Crippen LogP contribution in [0.4, 0.5) is 0 Å². The highest BCUT2D eigenvalue weighted by Crippen LogP contribution is 2.17. The molecule has 1 amide bonds. The molecule has 2 N–H and O–H groups in total. The Balaban J connectivity index is 1.84. The molecule has 0 fully saturated rings. The van der Waals surface area contributed by atoms with Crippen molar-refractivity contribution in [3.63, 3.8) is 0 Å². The number of carbonyl (C=O) groups is 1. The molecule has 1 aromatic heterocycles. The molecule has 0 aliphatic rings. The van der Waals surface area contributed by atoms with Crippen molar-refractivity contribution in [2.75, 3.05) is 13.7 Å². The molecule has 1 aromatic carbocycles. The first-order valence-electron chi connectivity index (χ1n) is 6.13. The van der Waals surface area contributed by atoms with E-state index in [0.717, 1.165) is 0 Å². The number of amides is 1. The Morgan fingerprint density at radius 2 is 2.20 bits per heavy atom. The van der Waals surface area contributed by atoms with Gasteiger partial charge in [0.25, 0.3) is 5.91 Å². The van der Waals surface area contributed by atoms with Gasteiger partial charge in [-0.05, 0) is 17.7 Å². The molecule has 7 nitrogen and oxygen atoms in total. The number of hydrogen-bond acceptors (Lipinski definition) is 5. The van der Waals surface area contributed by atoms with Gasteiger partial charge < -0.3 is 15.2 Å². The molecule has 1 atom stereocenters. The monoisotopic (exact) mass is 276 g/mol. The van der Waals surface area contributed by atoms with Crippen LogP contribution in [0.3, 0.4) is 0 Å². The van der Waals surface area contributed by atoms with Crippen molar-refractivity contribution in [1.29, 1.82) is 0 Å². The molecule has 1 heterocycles. The molecule has 7 heteroatoms. The molecule has 0 bridgehead atoms. The minimum Gasteiger partial charge on any atom is -0.497 e. The number of hydrogen-bond donors (Lipinski definition) is 2. The second-order valence-electron chi connectivity index (χ2n) is 4.13. The summed E-state index contributed by atoms with van der Waals surface area (Å²) in [4.78, 5) is 15.6. The summed E-state index contributed by atoms with van der Waals surface area (Å²) in [5, 5.41) is 16.5. The number of methoxy groups -OCH3 is 1. The summed E-state index contributed by atoms with van der Waals surface area (Å²) < 4.78 is 6.62. The molecule has 0 radical (unpaired) electrons. The first kappa shape index (κ1) is 14.0. The van der Waals surface area contributed by atoms with Gasteiger partial charge in [-0.3, -0.25) is 9.48 Å². The van der Waals surface area contributed by atoms with Gasteiger partial charge in [0.15, 0.2) is 6.10 Å². The van der Waals surface area contributed by atoms with Crippen LogP contribution < -0.4 is 10.1 Å². The van der Waals surface area contributed by atoms with Gasteiger partial charge in [0.2, 0.25) is 0 Å². The lowest BCUT2D eigenvalue weighted by Crippen LogP contribution is -2.32. The van der Waals surface area contributed by atoms with Gasteiger partial charge in [0.1, 0.15) is 18.4 Å². The van der Waals surface area contributed by atoms with Gasteiger partial charge in [0.05, 0.1) is 13.7 Å². The van der Waals surface area contributed by atoms with Crippen molar-refractivity contribution >= 4 is 5.91 Å². The van der Waals surface area contributed by atoms with E-state index in [0.29, 0.717) is 24.4 Å². The lowest BCUT2D eigenvalue weighted by molar-refractivity contribution is -0.129. The van der Waals surface area contributed by atoms with Gasteiger partial charge in [0, 0.05) is 6.54 Å². The number of nitrogens with one attached hydrogen (secondary N) is 1. The second-order valence-corrected chi connectivity index (χ2v) is 4.13. The van der Waals surface area contributed by atoms with Crippen LogP contribution in [-0.4, -0.2) is 39.4 Å². The molecule has 2 aromatic rings. The quantitative estimate of drug-likeness (QED) is 0.783. The molecule has 0 aliphatic heterocycles. The van der Waals surface area contributed by atoms with Gasteiger partial charge >= 0.3 is 0 Å². The van der Waals surface area contributed by atoms with E-state index in [-0.39, 0.29) is 0 Å². The molecule has 2 rings (SSSR count). The number of rotatable bonds is 6. The topological polar surface area (TPSA) is 89.3 Å². The molecule has 0 saturated heterocycles. The van der Waals surface area contributed by atoms with E-state index in [2.05, 4.69) is 15.4 Å². The first-order valence-corrected chi connectivity index (χ1v) is 6.13. The summed E-state index contributed by atoms with van der Waals surface area (Å²) in [6, 6.07) is 6.70. The zero-order chi connectivity index (χ0) is 14.4. The third-order valence-corrected chi connectivity index (χ3v) is 2.79. The number of aliphatic hydroxyl groups is 1. The van der Waals surface area contributed by atoms with E-state index in [1.807, 2.05) is 0 Å². The SMILES string of the molecule is COc1ccc(C(O)C(=O)NCCn2cncn2)cc1. The minimum atomic E-state index is -1.20. The lowest BCUT2D eigenvalue weighted by Gasteiger charge is -2.12. The van der Waals surface area contributed by atoms with Crippen LogP contribution in [-0.2, 0) is 11.3 Å². The summed E-state index contributed by atoms with van der Waals surface area (Å²) >= 11 is 0. The first-order chi connectivity index (χ1) is 9.70. The second kappa shape index (κ2) is 6.67. The largest absolute Gasteiger partial charge is 0.497 e. The van der Waals surface area contributed by atoms with E-state index >= 15 is 0 Å². The molecular weight excluding hydrogens is 260 g/mol. The zero-order valence-electron chi connectivity index (χ0n) is 11.1. The predicted molar refractivity (Wildman–Crippen MR) is 71.0 cm³/mol. The molecular formula is C13H16N4O3. The Morgan fingerprint density at radius 3 is 2.80 bits per heavy atom. The van der Waals surface area contributed by atoms with Crippen LogP contribution in [0.15, 0.2) is 36.9 Å². The average Bonchev–Trinajstić information content (AvgIpc) is 2.99. The Hall–Kier alpha value is -2.41. The number of nitrogens with zero attached hydrogens (tertiary/aromatic N) is 3. The Labute approximate surface area is 116 Å². The third kappa shape index (κ3) is 3.55. The predicted octanol–water partition coefficient (Wildman–Crippen LogP) is 0.136. The van der Waals surface area contributed by atoms with Crippen LogP contribution in [0.5, 0.6) is 5.75 Å². The fourth-order valence-corrected chi connectivity index (χ4v) is 1.68. The maximum atomic E-state index is 11.8. The van der Waals surface area contributed by atoms with Crippen LogP contribution in [0.1, 0.15) is 11.7 Å². The number of benzene rings is 1. The summed E-state index contributed by atoms with van der Waals surface area (Å²) in [7, 11) is 1.56. The van der Waals surface area contributed by atoms with E-state index in [1.54, 1.807) is 42.4 Å². The number of carbonyl (C=O) groups excluding carboxylic acids is 1. The van der Waals surface area contributed by atoms with Crippen molar-refractivity contribution in [1.82, 2.24) is 20.1 Å². The van der Waals surface area contributed by atoms with E-state index < -0.39 is 12.0 Å². The summed E-state index contributed by atoms with van der Waals surface area (Å²) in [5.41, 5.74) is 0.518. The third-order valence-electron chi connectivity index (χ3n) is 2.79. The van der Waals surface area contributed by atoms with Gasteiger partial charge in [-0.1, -0.05) is 12.1 Å². The van der Waals surface area contributed by atoms with E-state index in [4.69, 9.17) is 4.74 Å². The van der Waals surface area contributed by atoms with Gasteiger partial charge in [-0.2, -0.15) is 5.10 Å². The van der Waals surface area contributed by atoms with E-state index in [9.17, 15) is 9.90 Å². The standard InChI is InChI=1S/C13H16N4O3/c1-20-11-4-2-10(3-5-11)12(18)13(19)15-6-7-17-9-14-8-16-17/h2-5,8-9,12,18H,6-7H2,1H3,(H,15,19). The summed E-state index contributed by atoms with van der Waals surface area (Å²) in [6.07, 6.45) is 1.79. The Bertz CT molecular complexity index is 539. The number of ether oxygens (including phenoxy) is 1. The van der Waals surface area contributed by atoms with Crippen molar-refractivity contribution in [2.24, 2.45) is 0 Å². The number of aromatic nitrogens is 3. The molecule has 106 valence electrons. The molecule has 0 saturated carbocycles. The highest BCUT2D eigenvalue weighted by molar-refractivity contribution is 5.81. The van der Waals surface area contributed by atoms with Crippen molar-refractivity contribution in [3.05, 3.63) is 42.5 Å². The Kier molecular flexibility index (Phi) is 4.67. The zero-order valence-corrected chi connectivity index (χ0v) is 11.1. The average molecular weight is 276 g/mol. The molecule has 0 aliphatic carbocycles. The number of aliphatic hydroxyl groups excluding tert-OH is 1. The highest BCUT2D eigenvalue weighted by Gasteiger charge is 2.16. The summed E-state index contributed by atoms with van der Waals surface area (Å²) in [6.45, 7) is 0.872. The highest BCUT2D eigenvalue weighted by atomic mass is 16.5. The fourth-order valence-electron chi connectivity index (χ4n) is 1.68. The van der Waals surface area contributed by atoms with Gasteiger partial charge in [-0.25, -0.2) is 4.98 Å². The van der Waals surface area contributed by atoms with Crippen molar-refractivity contribution < 1.29 is 14.6 Å². The van der Waals surface area contributed by atoms with Crippen molar-refractivity contribution in [3.8, 4) is 5.75 Å². The lowest BCUT2D eigenvalue weighted by atomic mass is 10.1. The smallest absolute Gasteiger partial charge is 0.253 e. The summed E-state index contributed by atoms with van der Waals surface area (Å²) in [5.74, 6) is 0.225. The fraction of sp³-hybridized carbons (Fsp3) is 0.308. The maximum absolute atomic E-state index is 11.8. The van der Waals surface area contributed by atoms with Crippen molar-refractivity contribution in [2.45, 2.75) is 12.6 Å². The normalized spacial score (nSPS) is 11.9. The van der Waals surface area contributed by atoms with Crippen LogP contribution in [0.2, 0.25) is 0 Å². The minimum absolute atomic E-state index is 0.370. The Morgan fingerprint density at radius 1 is 1.45 bits per heavy atom. The van der Waals surface area contributed by atoms with E-state index in [1.165, 1.54) is 6.33 Å². The maximum Gasteiger partial charge on any atom is 0.253 e. The van der Waals surface area contributed by atoms with Crippen LogP contribution in [0, 0.1) is 0 Å². The van der Waals surface area contributed by atoms with Crippen LogP contribution in [0.25, 0.3) is 0 Å². The van der Waals surface area contributed by atoms with Gasteiger partial charge in [-0.15, -0.1) is 0 Å².